The Morgan fingerprint density at radius 1 is 0.786 bits per heavy atom. The molecule has 0 fully saturated rings. The van der Waals surface area contributed by atoms with Crippen molar-refractivity contribution in [1.29, 1.82) is 0 Å². The van der Waals surface area contributed by atoms with Gasteiger partial charge in [-0.2, -0.15) is 9.97 Å². The number of amides is 7. The summed E-state index contributed by atoms with van der Waals surface area (Å²) >= 11 is 0. The van der Waals surface area contributed by atoms with E-state index in [4.69, 9.17) is 11.5 Å². The van der Waals surface area contributed by atoms with Gasteiger partial charge in [0.25, 0.3) is 23.6 Å². The Hall–Kier alpha value is -8.57. The fraction of sp³-hybridized carbons (Fsp3) is 0.370. The molecule has 0 bridgehead atoms. The first-order valence-electron chi connectivity index (χ1n) is 22.2. The average molecular weight is 966 g/mol. The van der Waals surface area contributed by atoms with Crippen LogP contribution in [0, 0.1) is 5.92 Å². The van der Waals surface area contributed by atoms with Gasteiger partial charge in [0, 0.05) is 55.6 Å². The lowest BCUT2D eigenvalue weighted by atomic mass is 10.0. The van der Waals surface area contributed by atoms with Crippen LogP contribution in [0.5, 0.6) is 0 Å². The highest BCUT2D eigenvalue weighted by atomic mass is 16.4. The third-order valence-corrected chi connectivity index (χ3v) is 11.0. The summed E-state index contributed by atoms with van der Waals surface area (Å²) in [6, 6.07) is 6.52. The maximum Gasteiger partial charge on any atom is 0.336 e. The molecule has 2 aromatic carbocycles. The first kappa shape index (κ1) is 52.4. The summed E-state index contributed by atoms with van der Waals surface area (Å²) in [4.78, 5) is 132. The third-order valence-electron chi connectivity index (χ3n) is 11.0. The Morgan fingerprint density at radius 2 is 1.49 bits per heavy atom. The molecule has 70 heavy (non-hydrogen) atoms. The summed E-state index contributed by atoms with van der Waals surface area (Å²) < 4.78 is 0. The van der Waals surface area contributed by atoms with E-state index in [0.717, 1.165) is 11.0 Å². The zero-order chi connectivity index (χ0) is 51.2. The molecule has 370 valence electrons. The van der Waals surface area contributed by atoms with E-state index in [9.17, 15) is 53.4 Å². The Bertz CT molecular complexity index is 2680. The normalized spacial score (nSPS) is 13.4. The predicted molar refractivity (Wildman–Crippen MR) is 254 cm³/mol. The highest BCUT2D eigenvalue weighted by molar-refractivity contribution is 6.13. The largest absolute Gasteiger partial charge is 0.480 e. The number of hydrogen-bond acceptors (Lipinski definition) is 16. The van der Waals surface area contributed by atoms with Crippen LogP contribution in [0.25, 0.3) is 11.2 Å². The number of aromatic carboxylic acids is 1. The van der Waals surface area contributed by atoms with E-state index in [1.807, 2.05) is 4.90 Å². The molecule has 0 saturated carbocycles. The number of nitrogens with two attached hydrogens (primary N) is 2. The minimum atomic E-state index is -1.48. The van der Waals surface area contributed by atoms with E-state index in [0.29, 0.717) is 42.7 Å². The minimum Gasteiger partial charge on any atom is -0.480 e. The number of nitrogens with one attached hydrogen (secondary N) is 5. The number of unbranched alkanes of at least 4 members (excludes halogenated alkanes) is 2. The fourth-order valence-electron chi connectivity index (χ4n) is 7.14. The molecule has 2 aromatic heterocycles. The van der Waals surface area contributed by atoms with Crippen LogP contribution in [0.3, 0.4) is 0 Å². The van der Waals surface area contributed by atoms with E-state index in [1.54, 1.807) is 33.0 Å². The van der Waals surface area contributed by atoms with Crippen molar-refractivity contribution < 1.29 is 53.4 Å². The summed E-state index contributed by atoms with van der Waals surface area (Å²) in [7, 11) is 1.79. The molecule has 3 atom stereocenters. The zero-order valence-electron chi connectivity index (χ0n) is 38.9. The molecule has 1 aliphatic heterocycles. The van der Waals surface area contributed by atoms with Crippen LogP contribution in [0.15, 0.2) is 60.8 Å². The lowest BCUT2D eigenvalue weighted by Crippen LogP contribution is -2.53. The lowest BCUT2D eigenvalue weighted by molar-refractivity contribution is -0.139. The first-order chi connectivity index (χ1) is 33.2. The minimum absolute atomic E-state index is 0.00884. The van der Waals surface area contributed by atoms with Gasteiger partial charge in [0.15, 0.2) is 17.0 Å². The van der Waals surface area contributed by atoms with E-state index in [2.05, 4.69) is 46.5 Å². The maximum absolute atomic E-state index is 13.2. The number of nitrogens with zero attached hydrogens (tertiary/aromatic N) is 6. The van der Waals surface area contributed by atoms with E-state index in [1.165, 1.54) is 49.5 Å². The number of aromatic nitrogens is 4. The zero-order valence-corrected chi connectivity index (χ0v) is 38.9. The molecule has 7 amide bonds. The number of benzene rings is 2. The Labute approximate surface area is 401 Å². The molecule has 0 saturated heterocycles. The molecule has 4 aromatic rings. The van der Waals surface area contributed by atoms with Crippen LogP contribution < -0.4 is 43.0 Å². The number of anilines is 4. The maximum atomic E-state index is 13.2. The number of nitrogen functional groups attached to an aromatic ring is 2. The molecule has 11 N–H and O–H groups in total. The number of carbonyl (C=O) groups is 9. The highest BCUT2D eigenvalue weighted by Crippen LogP contribution is 2.20. The van der Waals surface area contributed by atoms with Crippen LogP contribution in [-0.2, 0) is 35.3 Å². The second-order valence-electron chi connectivity index (χ2n) is 16.7. The van der Waals surface area contributed by atoms with Crippen LogP contribution >= 0.6 is 0 Å². The Kier molecular flexibility index (Phi) is 17.9. The number of carboxylic acid groups (broad SMARTS) is 2. The molecule has 1 aliphatic rings. The summed E-state index contributed by atoms with van der Waals surface area (Å²) in [5.74, 6) is -7.00. The number of hydrogen-bond donors (Lipinski definition) is 9. The topological polar surface area (TPSA) is 364 Å². The summed E-state index contributed by atoms with van der Waals surface area (Å²) in [6.07, 6.45) is 5.55. The van der Waals surface area contributed by atoms with Gasteiger partial charge in [-0.15, -0.1) is 0 Å². The van der Waals surface area contributed by atoms with Gasteiger partial charge >= 0.3 is 11.9 Å². The smallest absolute Gasteiger partial charge is 0.336 e. The number of aliphatic carboxylic acids is 1. The molecular formula is C46H55N13O11. The number of carboxylic acids is 2. The summed E-state index contributed by atoms with van der Waals surface area (Å²) in [5.41, 5.74) is 12.9. The van der Waals surface area contributed by atoms with Crippen LogP contribution in [0.4, 0.5) is 23.1 Å². The molecule has 0 aliphatic carbocycles. The van der Waals surface area contributed by atoms with Crippen molar-refractivity contribution in [3.63, 3.8) is 0 Å². The predicted octanol–water partition coefficient (Wildman–Crippen LogP) is 1.38. The summed E-state index contributed by atoms with van der Waals surface area (Å²) in [6.45, 7) is 5.30. The van der Waals surface area contributed by atoms with Crippen molar-refractivity contribution in [3.05, 3.63) is 83.2 Å². The molecule has 0 spiro atoms. The van der Waals surface area contributed by atoms with Gasteiger partial charge in [0.2, 0.25) is 23.7 Å². The molecule has 3 heterocycles. The van der Waals surface area contributed by atoms with Crippen molar-refractivity contribution in [2.75, 3.05) is 41.8 Å². The van der Waals surface area contributed by atoms with Gasteiger partial charge < -0.3 is 53.2 Å². The molecule has 0 radical (unpaired) electrons. The highest BCUT2D eigenvalue weighted by Gasteiger charge is 2.28. The van der Waals surface area contributed by atoms with E-state index >= 15 is 0 Å². The van der Waals surface area contributed by atoms with E-state index < -0.39 is 65.2 Å². The van der Waals surface area contributed by atoms with Crippen molar-refractivity contribution in [3.8, 4) is 0 Å². The fourth-order valence-corrected chi connectivity index (χ4v) is 7.14. The van der Waals surface area contributed by atoms with Crippen molar-refractivity contribution in [2.24, 2.45) is 5.92 Å². The Balaban J connectivity index is 1.06. The van der Waals surface area contributed by atoms with Gasteiger partial charge in [-0.1, -0.05) is 20.3 Å². The molecule has 0 unspecified atom stereocenters. The monoisotopic (exact) mass is 965 g/mol. The van der Waals surface area contributed by atoms with Crippen molar-refractivity contribution >= 4 is 87.6 Å². The van der Waals surface area contributed by atoms with Gasteiger partial charge in [0.05, 0.1) is 29.6 Å². The second kappa shape index (κ2) is 23.9. The van der Waals surface area contributed by atoms with Crippen molar-refractivity contribution in [2.45, 2.75) is 84.0 Å². The summed E-state index contributed by atoms with van der Waals surface area (Å²) in [5, 5.41) is 32.6. The quantitative estimate of drug-likeness (QED) is 0.0354. The van der Waals surface area contributed by atoms with Crippen LogP contribution in [-0.4, -0.2) is 127 Å². The number of fused-ring (bicyclic) bond motifs is 1. The second-order valence-corrected chi connectivity index (χ2v) is 16.7. The van der Waals surface area contributed by atoms with Crippen molar-refractivity contribution in [1.82, 2.24) is 46.1 Å². The number of imide groups is 1. The SMILES string of the molecule is CC(C)[C@H](NC(=O)CCCCCN1C(=O)C=CC1=O)C(=O)N[C@@H](C)C(=O)Nc1ccc(C(=O)NCCC[C@H](NC(=O)c2ccc(N(C)Cc3cnc4nc(N)nc(N)c4n3)cc2)C(=O)O)c(C(=O)O)c1. The molecule has 5 rings (SSSR count). The standard InChI is InChI=1S/C46H55N13O11/c1-24(2)36(55-33(60)10-6-5-7-20-59-34(61)17-18-35(59)62)43(66)51-25(3)40(63)53-27-13-16-30(31(21-27)44(67)68)42(65)49-19-8-9-32(45(69)70)54-41(64)26-11-14-29(15-12-26)58(4)23-28-22-50-39-37(52-28)38(47)56-46(48)57-39/h11-18,21-22,24-25,32,36H,5-10,19-20,23H2,1-4H3,(H,49,65)(H,51,66)(H,53,63)(H,54,64)(H,55,60)(H,67,68)(H,69,70)(H4,47,48,50,56,57)/t25-,32-,36-/m0/s1. The molecule has 24 heteroatoms. The molecule has 24 nitrogen and oxygen atoms in total. The van der Waals surface area contributed by atoms with Gasteiger partial charge in [0.1, 0.15) is 18.1 Å². The first-order valence-corrected chi connectivity index (χ1v) is 22.2. The third kappa shape index (κ3) is 14.2. The average Bonchev–Trinajstić information content (AvgIpc) is 3.63. The van der Waals surface area contributed by atoms with Gasteiger partial charge in [-0.05, 0) is 81.0 Å². The number of carbonyl (C=O) groups excluding carboxylic acids is 7. The lowest BCUT2D eigenvalue weighted by Gasteiger charge is -2.24. The number of rotatable bonds is 24. The van der Waals surface area contributed by atoms with Crippen LogP contribution in [0.1, 0.15) is 96.1 Å². The Morgan fingerprint density at radius 3 is 2.14 bits per heavy atom. The van der Waals surface area contributed by atoms with Crippen LogP contribution in [0.2, 0.25) is 0 Å². The van der Waals surface area contributed by atoms with Gasteiger partial charge in [-0.25, -0.2) is 19.6 Å². The van der Waals surface area contributed by atoms with Gasteiger partial charge in [-0.3, -0.25) is 38.5 Å². The van der Waals surface area contributed by atoms with E-state index in [-0.39, 0.29) is 84.3 Å². The molecular weight excluding hydrogens is 911 g/mol.